The van der Waals surface area contributed by atoms with Gasteiger partial charge in [-0.15, -0.1) is 0 Å². The summed E-state index contributed by atoms with van der Waals surface area (Å²) in [4.78, 5) is 13.6. The molecule has 0 radical (unpaired) electrons. The topological polar surface area (TPSA) is 83.7 Å². The molecule has 0 bridgehead atoms. The van der Waals surface area contributed by atoms with Gasteiger partial charge in [-0.3, -0.25) is 4.98 Å². The van der Waals surface area contributed by atoms with Gasteiger partial charge in [-0.2, -0.15) is 5.26 Å². The Morgan fingerprint density at radius 2 is 1.93 bits per heavy atom. The highest BCUT2D eigenvalue weighted by Crippen LogP contribution is 2.36. The van der Waals surface area contributed by atoms with Gasteiger partial charge in [-0.1, -0.05) is 18.2 Å². The molecule has 0 spiro atoms. The van der Waals surface area contributed by atoms with E-state index >= 15 is 0 Å². The molecule has 2 heterocycles. The van der Waals surface area contributed by atoms with Crippen LogP contribution in [0.1, 0.15) is 12.5 Å². The first-order valence-corrected chi connectivity index (χ1v) is 9.31. The summed E-state index contributed by atoms with van der Waals surface area (Å²) in [5, 5.41) is 13.5. The molecule has 29 heavy (non-hydrogen) atoms. The van der Waals surface area contributed by atoms with Crippen LogP contribution in [0.3, 0.4) is 0 Å². The van der Waals surface area contributed by atoms with E-state index in [2.05, 4.69) is 21.4 Å². The third-order valence-corrected chi connectivity index (χ3v) is 4.58. The minimum absolute atomic E-state index is 0.500. The summed E-state index contributed by atoms with van der Waals surface area (Å²) in [5.41, 5.74) is 3.87. The summed E-state index contributed by atoms with van der Waals surface area (Å²) < 4.78 is 5.93. The van der Waals surface area contributed by atoms with Crippen LogP contribution in [-0.4, -0.2) is 28.6 Å². The molecule has 142 valence electrons. The Bertz CT molecular complexity index is 1220. The van der Waals surface area contributed by atoms with Crippen molar-refractivity contribution < 1.29 is 4.74 Å². The first-order chi connectivity index (χ1) is 14.2. The Balaban J connectivity index is 2.01. The van der Waals surface area contributed by atoms with Crippen molar-refractivity contribution in [2.24, 2.45) is 0 Å². The van der Waals surface area contributed by atoms with Gasteiger partial charge in [0.05, 0.1) is 18.2 Å². The number of ether oxygens (including phenoxy) is 1. The molecular formula is C23H19N5O. The molecule has 4 rings (SSSR count). The fraction of sp³-hybridized carbons (Fsp3) is 0.130. The predicted molar refractivity (Wildman–Crippen MR) is 114 cm³/mol. The van der Waals surface area contributed by atoms with Gasteiger partial charge in [0.15, 0.2) is 5.82 Å². The second-order valence-corrected chi connectivity index (χ2v) is 6.35. The number of nitrogens with one attached hydrogen (secondary N) is 1. The maximum absolute atomic E-state index is 9.50. The molecular weight excluding hydrogens is 362 g/mol. The van der Waals surface area contributed by atoms with E-state index in [4.69, 9.17) is 9.72 Å². The zero-order chi connectivity index (χ0) is 20.2. The highest BCUT2D eigenvalue weighted by molar-refractivity contribution is 5.98. The third-order valence-electron chi connectivity index (χ3n) is 4.58. The molecule has 0 unspecified atom stereocenters. The van der Waals surface area contributed by atoms with Crippen LogP contribution in [0.4, 0.5) is 5.82 Å². The Kier molecular flexibility index (Phi) is 5.04. The first-order valence-electron chi connectivity index (χ1n) is 9.31. The van der Waals surface area contributed by atoms with Crippen molar-refractivity contribution in [3.63, 3.8) is 0 Å². The van der Waals surface area contributed by atoms with Crippen molar-refractivity contribution in [3.8, 4) is 34.3 Å². The quantitative estimate of drug-likeness (QED) is 0.541. The fourth-order valence-electron chi connectivity index (χ4n) is 3.27. The second kappa shape index (κ2) is 7.95. The molecule has 0 amide bonds. The number of fused-ring (bicyclic) bond motifs is 1. The summed E-state index contributed by atoms with van der Waals surface area (Å²) >= 11 is 0. The van der Waals surface area contributed by atoms with Crippen LogP contribution < -0.4 is 10.1 Å². The van der Waals surface area contributed by atoms with Crippen LogP contribution in [0.15, 0.2) is 60.9 Å². The number of benzene rings is 2. The highest BCUT2D eigenvalue weighted by Gasteiger charge is 2.16. The normalized spacial score (nSPS) is 10.5. The number of nitriles is 1. The van der Waals surface area contributed by atoms with Crippen molar-refractivity contribution in [2.75, 3.05) is 19.0 Å². The number of pyridine rings is 1. The van der Waals surface area contributed by atoms with Crippen LogP contribution in [0.5, 0.6) is 5.75 Å². The third kappa shape index (κ3) is 3.46. The van der Waals surface area contributed by atoms with Gasteiger partial charge in [0.25, 0.3) is 0 Å². The molecule has 6 heteroatoms. The van der Waals surface area contributed by atoms with Gasteiger partial charge in [-0.25, -0.2) is 9.97 Å². The van der Waals surface area contributed by atoms with E-state index in [9.17, 15) is 5.26 Å². The Labute approximate surface area is 168 Å². The average Bonchev–Trinajstić information content (AvgIpc) is 2.79. The number of aromatic nitrogens is 3. The molecule has 0 fully saturated rings. The lowest BCUT2D eigenvalue weighted by atomic mass is 9.98. The lowest BCUT2D eigenvalue weighted by molar-refractivity contribution is 0.344. The molecule has 0 aliphatic heterocycles. The molecule has 2 aromatic carbocycles. The molecule has 0 aliphatic carbocycles. The predicted octanol–water partition coefficient (Wildman–Crippen LogP) is 4.67. The Morgan fingerprint density at radius 1 is 1.07 bits per heavy atom. The van der Waals surface area contributed by atoms with Crippen molar-refractivity contribution in [1.82, 2.24) is 15.0 Å². The zero-order valence-corrected chi connectivity index (χ0v) is 16.2. The van der Waals surface area contributed by atoms with Crippen LogP contribution >= 0.6 is 0 Å². The van der Waals surface area contributed by atoms with E-state index in [1.165, 1.54) is 0 Å². The van der Waals surface area contributed by atoms with Crippen molar-refractivity contribution in [2.45, 2.75) is 6.92 Å². The summed E-state index contributed by atoms with van der Waals surface area (Å²) in [6.45, 7) is 2.43. The molecule has 0 atom stereocenters. The van der Waals surface area contributed by atoms with Crippen molar-refractivity contribution in [3.05, 3.63) is 66.5 Å². The monoisotopic (exact) mass is 381 g/mol. The van der Waals surface area contributed by atoms with E-state index in [0.29, 0.717) is 35.1 Å². The maximum Gasteiger partial charge on any atom is 0.163 e. The fourth-order valence-corrected chi connectivity index (χ4v) is 3.27. The highest BCUT2D eigenvalue weighted by atomic mass is 16.5. The largest absolute Gasteiger partial charge is 0.492 e. The van der Waals surface area contributed by atoms with E-state index in [1.54, 1.807) is 18.5 Å². The van der Waals surface area contributed by atoms with E-state index in [0.717, 1.165) is 22.1 Å². The Hall–Kier alpha value is -3.98. The van der Waals surface area contributed by atoms with E-state index in [-0.39, 0.29) is 0 Å². The molecule has 6 nitrogen and oxygen atoms in total. The number of nitrogens with zero attached hydrogens (tertiary/aromatic N) is 4. The number of rotatable bonds is 5. The number of hydrogen-bond acceptors (Lipinski definition) is 6. The first kappa shape index (κ1) is 18.4. The number of hydrogen-bond donors (Lipinski definition) is 1. The molecule has 4 aromatic rings. The lowest BCUT2D eigenvalue weighted by Gasteiger charge is -2.14. The minimum Gasteiger partial charge on any atom is -0.492 e. The number of anilines is 1. The maximum atomic E-state index is 9.50. The van der Waals surface area contributed by atoms with Gasteiger partial charge < -0.3 is 10.1 Å². The molecule has 0 saturated carbocycles. The molecule has 0 aliphatic rings. The second-order valence-electron chi connectivity index (χ2n) is 6.35. The zero-order valence-electron chi connectivity index (χ0n) is 16.2. The van der Waals surface area contributed by atoms with Crippen LogP contribution in [0.25, 0.3) is 33.4 Å². The molecule has 1 N–H and O–H groups in total. The lowest BCUT2D eigenvalue weighted by Crippen LogP contribution is -2.02. The summed E-state index contributed by atoms with van der Waals surface area (Å²) in [6, 6.07) is 17.5. The van der Waals surface area contributed by atoms with Gasteiger partial charge in [0.2, 0.25) is 0 Å². The van der Waals surface area contributed by atoms with Crippen LogP contribution in [-0.2, 0) is 0 Å². The standard InChI is InChI=1S/C23H19N5O/c1-3-29-20-12-17(18-9-5-4-7-15(18)13-24)11-19-21(20)27-22(28-23(19)25-2)16-8-6-10-26-14-16/h4-12,14H,3H2,1-2H3,(H,25,27,28). The van der Waals surface area contributed by atoms with Gasteiger partial charge >= 0.3 is 0 Å². The summed E-state index contributed by atoms with van der Waals surface area (Å²) in [6.07, 6.45) is 3.45. The minimum atomic E-state index is 0.500. The van der Waals surface area contributed by atoms with Gasteiger partial charge in [-0.05, 0) is 48.4 Å². The van der Waals surface area contributed by atoms with Crippen molar-refractivity contribution in [1.29, 1.82) is 5.26 Å². The van der Waals surface area contributed by atoms with Gasteiger partial charge in [0, 0.05) is 30.4 Å². The summed E-state index contributed by atoms with van der Waals surface area (Å²) in [5.74, 6) is 1.91. The SMILES string of the molecule is CCOc1cc(-c2ccccc2C#N)cc2c(NC)nc(-c3cccnc3)nc12. The van der Waals surface area contributed by atoms with E-state index in [1.807, 2.05) is 56.4 Å². The Morgan fingerprint density at radius 3 is 2.66 bits per heavy atom. The molecule has 0 saturated heterocycles. The van der Waals surface area contributed by atoms with Crippen LogP contribution in [0.2, 0.25) is 0 Å². The summed E-state index contributed by atoms with van der Waals surface area (Å²) in [7, 11) is 1.82. The molecule has 2 aromatic heterocycles. The van der Waals surface area contributed by atoms with E-state index < -0.39 is 0 Å². The van der Waals surface area contributed by atoms with Crippen LogP contribution in [0, 0.1) is 11.3 Å². The average molecular weight is 381 g/mol. The smallest absolute Gasteiger partial charge is 0.163 e. The van der Waals surface area contributed by atoms with Gasteiger partial charge in [0.1, 0.15) is 17.1 Å². The van der Waals surface area contributed by atoms with Crippen molar-refractivity contribution >= 4 is 16.7 Å².